The molecule has 9 heteroatoms. The molecule has 0 aromatic carbocycles. The molecule has 3 atom stereocenters. The average Bonchev–Trinajstić information content (AvgIpc) is 2.34. The number of carbonyl (C=O) groups is 3. The summed E-state index contributed by atoms with van der Waals surface area (Å²) in [4.78, 5) is 34.9. The van der Waals surface area contributed by atoms with Gasteiger partial charge in [0.2, 0.25) is 12.3 Å². The first kappa shape index (κ1) is 14.6. The number of thioether (sulfide) groups is 1. The van der Waals surface area contributed by atoms with Crippen LogP contribution in [0.15, 0.2) is 20.4 Å². The molecule has 0 spiro atoms. The Morgan fingerprint density at radius 2 is 2.21 bits per heavy atom. The topological polar surface area (TPSA) is 86.7 Å². The molecule has 19 heavy (non-hydrogen) atoms. The van der Waals surface area contributed by atoms with E-state index in [0.29, 0.717) is 15.4 Å². The maximum Gasteiger partial charge on any atom is 0.331 e. The summed E-state index contributed by atoms with van der Waals surface area (Å²) in [5.41, 5.74) is 0.496. The highest BCUT2D eigenvalue weighted by atomic mass is 79.9. The van der Waals surface area contributed by atoms with Crippen LogP contribution in [0.4, 0.5) is 0 Å². The number of β-lactam (4-membered cyclic amide) rings is 1. The number of fused-ring (bicyclic) bond motifs is 1. The molecule has 0 saturated carbocycles. The van der Waals surface area contributed by atoms with Crippen molar-refractivity contribution in [1.29, 1.82) is 0 Å². The molecule has 0 aromatic heterocycles. The molecule has 2 aliphatic heterocycles. The number of halogens is 2. The van der Waals surface area contributed by atoms with Crippen LogP contribution in [-0.2, 0) is 14.4 Å². The number of nitrogens with zero attached hydrogens (tertiary/aromatic N) is 1. The van der Waals surface area contributed by atoms with E-state index in [0.717, 1.165) is 0 Å². The van der Waals surface area contributed by atoms with E-state index in [1.165, 1.54) is 16.7 Å². The van der Waals surface area contributed by atoms with E-state index in [1.807, 2.05) is 0 Å². The molecule has 1 fully saturated rings. The van der Waals surface area contributed by atoms with Crippen molar-refractivity contribution < 1.29 is 19.5 Å². The minimum Gasteiger partial charge on any atom is -0.479 e. The minimum atomic E-state index is -1.10. The lowest BCUT2D eigenvalue weighted by Gasteiger charge is -2.50. The van der Waals surface area contributed by atoms with Gasteiger partial charge in [-0.15, -0.1) is 11.8 Å². The first-order chi connectivity index (χ1) is 8.97. The van der Waals surface area contributed by atoms with Crippen LogP contribution in [-0.4, -0.2) is 45.8 Å². The molecule has 0 radical (unpaired) electrons. The largest absolute Gasteiger partial charge is 0.479 e. The summed E-state index contributed by atoms with van der Waals surface area (Å²) in [7, 11) is 0. The van der Waals surface area contributed by atoms with E-state index in [1.54, 1.807) is 11.5 Å². The van der Waals surface area contributed by atoms with Crippen LogP contribution >= 0.6 is 43.6 Å². The highest BCUT2D eigenvalue weighted by Gasteiger charge is 2.55. The highest BCUT2D eigenvalue weighted by Crippen LogP contribution is 2.40. The molecular formula is C10H8Br2N2O4S. The predicted molar refractivity (Wildman–Crippen MR) is 76.7 cm³/mol. The van der Waals surface area contributed by atoms with Crippen molar-refractivity contribution >= 4 is 61.9 Å². The Labute approximate surface area is 129 Å². The number of hydrogen-bond donors (Lipinski definition) is 2. The summed E-state index contributed by atoms with van der Waals surface area (Å²) >= 11 is 7.64. The van der Waals surface area contributed by atoms with Crippen LogP contribution in [0.2, 0.25) is 0 Å². The maximum absolute atomic E-state index is 11.9. The highest BCUT2D eigenvalue weighted by molar-refractivity contribution is 9.28. The SMILES string of the molecule is O=CNC1C(=O)N2C(C(=O)O)C(C=C(Br)Br)=CS[C@@H]12. The summed E-state index contributed by atoms with van der Waals surface area (Å²) in [5.74, 6) is -1.49. The standard InChI is InChI=1S/C10H8Br2N2O4S/c11-5(12)1-4-2-19-9-6(13-3-15)8(16)14(9)7(4)10(17)18/h1-3,6-7,9H,(H,13,15)(H,17,18)/t6?,7?,9-/m0/s1. The molecule has 0 bridgehead atoms. The average molecular weight is 412 g/mol. The number of aliphatic carboxylic acids is 1. The molecule has 0 aromatic rings. The number of nitrogens with one attached hydrogen (secondary N) is 1. The fourth-order valence-electron chi connectivity index (χ4n) is 2.01. The fourth-order valence-corrected chi connectivity index (χ4v) is 3.74. The number of hydrogen-bond acceptors (Lipinski definition) is 4. The molecule has 2 rings (SSSR count). The smallest absolute Gasteiger partial charge is 0.331 e. The summed E-state index contributed by atoms with van der Waals surface area (Å²) in [6.07, 6.45) is 2.04. The van der Waals surface area contributed by atoms with Gasteiger partial charge in [-0.05, 0) is 48.9 Å². The van der Waals surface area contributed by atoms with E-state index in [2.05, 4.69) is 37.2 Å². The van der Waals surface area contributed by atoms with Crippen LogP contribution in [0.1, 0.15) is 0 Å². The molecule has 2 unspecified atom stereocenters. The van der Waals surface area contributed by atoms with Gasteiger partial charge in [-0.1, -0.05) is 0 Å². The third kappa shape index (κ3) is 2.59. The summed E-state index contributed by atoms with van der Waals surface area (Å²) in [6, 6.07) is -1.69. The lowest BCUT2D eigenvalue weighted by atomic mass is 9.98. The van der Waals surface area contributed by atoms with E-state index >= 15 is 0 Å². The summed E-state index contributed by atoms with van der Waals surface area (Å²) < 4.78 is 0.590. The first-order valence-corrected chi connectivity index (χ1v) is 7.63. The van der Waals surface area contributed by atoms with Gasteiger partial charge in [0.15, 0.2) is 6.04 Å². The maximum atomic E-state index is 11.9. The lowest BCUT2D eigenvalue weighted by Crippen LogP contribution is -2.73. The number of rotatable bonds is 4. The lowest BCUT2D eigenvalue weighted by molar-refractivity contribution is -0.159. The van der Waals surface area contributed by atoms with Crippen molar-refractivity contribution in [1.82, 2.24) is 10.2 Å². The Kier molecular flexibility index (Phi) is 4.36. The van der Waals surface area contributed by atoms with Gasteiger partial charge in [-0.2, -0.15) is 0 Å². The number of carboxylic acids is 1. The molecule has 0 aliphatic carbocycles. The van der Waals surface area contributed by atoms with Crippen molar-refractivity contribution in [2.45, 2.75) is 17.5 Å². The summed E-state index contributed by atoms with van der Waals surface area (Å²) in [6.45, 7) is 0. The third-order valence-electron chi connectivity index (χ3n) is 2.77. The zero-order chi connectivity index (χ0) is 14.2. The second-order valence-corrected chi connectivity index (χ2v) is 7.59. The molecule has 6 nitrogen and oxygen atoms in total. The van der Waals surface area contributed by atoms with Crippen molar-refractivity contribution in [3.63, 3.8) is 0 Å². The van der Waals surface area contributed by atoms with Gasteiger partial charge < -0.3 is 15.3 Å². The molecule has 102 valence electrons. The Morgan fingerprint density at radius 3 is 2.74 bits per heavy atom. The first-order valence-electron chi connectivity index (χ1n) is 5.10. The molecular weight excluding hydrogens is 404 g/mol. The van der Waals surface area contributed by atoms with Crippen molar-refractivity contribution in [3.05, 3.63) is 20.4 Å². The quantitative estimate of drug-likeness (QED) is 0.532. The van der Waals surface area contributed by atoms with Crippen molar-refractivity contribution in [2.75, 3.05) is 0 Å². The van der Waals surface area contributed by atoms with Gasteiger partial charge >= 0.3 is 5.97 Å². The monoisotopic (exact) mass is 410 g/mol. The van der Waals surface area contributed by atoms with Crippen molar-refractivity contribution in [2.24, 2.45) is 0 Å². The zero-order valence-corrected chi connectivity index (χ0v) is 13.2. The Morgan fingerprint density at radius 1 is 1.53 bits per heavy atom. The van der Waals surface area contributed by atoms with Crippen molar-refractivity contribution in [3.8, 4) is 0 Å². The predicted octanol–water partition coefficient (Wildman–Crippen LogP) is 0.984. The molecule has 2 N–H and O–H groups in total. The van der Waals surface area contributed by atoms with Crippen LogP contribution in [0.5, 0.6) is 0 Å². The molecule has 1 saturated heterocycles. The van der Waals surface area contributed by atoms with Gasteiger partial charge in [-0.25, -0.2) is 4.79 Å². The van der Waals surface area contributed by atoms with Gasteiger partial charge in [0, 0.05) is 0 Å². The number of amides is 2. The van der Waals surface area contributed by atoms with E-state index < -0.39 is 18.1 Å². The van der Waals surface area contributed by atoms with Gasteiger partial charge in [0.1, 0.15) is 11.4 Å². The zero-order valence-electron chi connectivity index (χ0n) is 9.25. The normalized spacial score (nSPS) is 28.7. The molecule has 2 heterocycles. The van der Waals surface area contributed by atoms with E-state index in [-0.39, 0.29) is 11.3 Å². The Hall–Kier alpha value is -0.800. The number of carboxylic acid groups (broad SMARTS) is 1. The molecule has 2 amide bonds. The van der Waals surface area contributed by atoms with Crippen LogP contribution in [0, 0.1) is 0 Å². The van der Waals surface area contributed by atoms with Gasteiger partial charge in [0.25, 0.3) is 0 Å². The second kappa shape index (κ2) is 5.68. The van der Waals surface area contributed by atoms with Gasteiger partial charge in [0.05, 0.1) is 3.39 Å². The minimum absolute atomic E-state index is 0.370. The Bertz CT molecular complexity index is 504. The van der Waals surface area contributed by atoms with Crippen LogP contribution in [0.25, 0.3) is 0 Å². The van der Waals surface area contributed by atoms with Gasteiger partial charge in [-0.3, -0.25) is 9.59 Å². The van der Waals surface area contributed by atoms with Crippen LogP contribution < -0.4 is 5.32 Å². The van der Waals surface area contributed by atoms with E-state index in [4.69, 9.17) is 0 Å². The van der Waals surface area contributed by atoms with Crippen LogP contribution in [0.3, 0.4) is 0 Å². The van der Waals surface area contributed by atoms with E-state index in [9.17, 15) is 19.5 Å². The Balaban J connectivity index is 2.31. The molecule has 2 aliphatic rings. The number of carbonyl (C=O) groups excluding carboxylic acids is 2. The second-order valence-electron chi connectivity index (χ2n) is 3.83. The fraction of sp³-hybridized carbons (Fsp3) is 0.300. The third-order valence-corrected chi connectivity index (χ3v) is 4.42. The summed E-state index contributed by atoms with van der Waals surface area (Å²) in [5, 5.41) is 13.0.